The van der Waals surface area contributed by atoms with Crippen LogP contribution in [0.25, 0.3) is 11.0 Å². The molecule has 1 atom stereocenters. The number of imidazole rings is 1. The zero-order valence-electron chi connectivity index (χ0n) is 17.6. The van der Waals surface area contributed by atoms with Gasteiger partial charge in [-0.05, 0) is 54.3 Å². The quantitative estimate of drug-likeness (QED) is 0.615. The van der Waals surface area contributed by atoms with E-state index in [-0.39, 0.29) is 23.4 Å². The Morgan fingerprint density at radius 1 is 1.13 bits per heavy atom. The molecule has 2 amide bonds. The van der Waals surface area contributed by atoms with Crippen molar-refractivity contribution < 1.29 is 9.59 Å². The lowest BCUT2D eigenvalue weighted by molar-refractivity contribution is -0.129. The van der Waals surface area contributed by atoms with Gasteiger partial charge in [0.05, 0.1) is 11.0 Å². The minimum atomic E-state index is -0.225. The summed E-state index contributed by atoms with van der Waals surface area (Å²) >= 11 is 6.19. The molecule has 3 aromatic rings. The number of H-pyrrole nitrogens is 2. The highest BCUT2D eigenvalue weighted by Crippen LogP contribution is 2.40. The molecule has 7 nitrogen and oxygen atoms in total. The van der Waals surface area contributed by atoms with Crippen molar-refractivity contribution in [2.75, 3.05) is 25.5 Å². The molecule has 4 rings (SSSR count). The predicted molar refractivity (Wildman–Crippen MR) is 122 cm³/mol. The molecule has 0 spiro atoms. The summed E-state index contributed by atoms with van der Waals surface area (Å²) in [6, 6.07) is 11.3. The van der Waals surface area contributed by atoms with Gasteiger partial charge in [0.2, 0.25) is 11.8 Å². The molecule has 0 saturated heterocycles. The number of hydrogen-bond acceptors (Lipinski definition) is 3. The van der Waals surface area contributed by atoms with Crippen LogP contribution < -0.4 is 10.6 Å². The number of benzene rings is 2. The molecule has 2 aromatic carbocycles. The highest BCUT2D eigenvalue weighted by molar-refractivity contribution is 6.30. The SMILES string of the molecule is CN(C)C(=O)CC1CN(C(=O)CCCc2ccc3[nH]c(=O)[nH]c3c2)c2ccc(Cl)cc21. The van der Waals surface area contributed by atoms with E-state index in [0.29, 0.717) is 30.8 Å². The molecule has 0 fully saturated rings. The van der Waals surface area contributed by atoms with Crippen LogP contribution in [-0.4, -0.2) is 47.3 Å². The van der Waals surface area contributed by atoms with Gasteiger partial charge in [0, 0.05) is 50.1 Å². The number of amides is 2. The maximum atomic E-state index is 13.0. The summed E-state index contributed by atoms with van der Waals surface area (Å²) in [5, 5.41) is 0.605. The van der Waals surface area contributed by atoms with E-state index in [1.807, 2.05) is 30.3 Å². The Morgan fingerprint density at radius 2 is 1.90 bits per heavy atom. The second kappa shape index (κ2) is 8.59. The van der Waals surface area contributed by atoms with Gasteiger partial charge in [0.25, 0.3) is 0 Å². The summed E-state index contributed by atoms with van der Waals surface area (Å²) in [7, 11) is 3.47. The maximum Gasteiger partial charge on any atom is 0.323 e. The van der Waals surface area contributed by atoms with Gasteiger partial charge in [-0.15, -0.1) is 0 Å². The van der Waals surface area contributed by atoms with Gasteiger partial charge in [0.1, 0.15) is 0 Å². The molecular formula is C23H25ClN4O3. The second-order valence-corrected chi connectivity index (χ2v) is 8.65. The lowest BCUT2D eigenvalue weighted by Gasteiger charge is -2.18. The molecule has 0 bridgehead atoms. The van der Waals surface area contributed by atoms with E-state index >= 15 is 0 Å². The number of rotatable bonds is 6. The highest BCUT2D eigenvalue weighted by atomic mass is 35.5. The molecule has 162 valence electrons. The number of carbonyl (C=O) groups is 2. The topological polar surface area (TPSA) is 89.3 Å². The van der Waals surface area contributed by atoms with E-state index in [4.69, 9.17) is 11.6 Å². The Kier molecular flexibility index (Phi) is 5.87. The number of halogens is 1. The molecule has 1 aliphatic rings. The summed E-state index contributed by atoms with van der Waals surface area (Å²) in [6.07, 6.45) is 2.18. The van der Waals surface area contributed by atoms with Crippen molar-refractivity contribution in [1.29, 1.82) is 0 Å². The molecule has 1 unspecified atom stereocenters. The monoisotopic (exact) mass is 440 g/mol. The van der Waals surface area contributed by atoms with Crippen LogP contribution in [0.1, 0.15) is 36.3 Å². The summed E-state index contributed by atoms with van der Waals surface area (Å²) < 4.78 is 0. The van der Waals surface area contributed by atoms with Crippen LogP contribution in [-0.2, 0) is 16.0 Å². The lowest BCUT2D eigenvalue weighted by Crippen LogP contribution is -2.31. The van der Waals surface area contributed by atoms with Crippen molar-refractivity contribution in [3.63, 3.8) is 0 Å². The van der Waals surface area contributed by atoms with Crippen LogP contribution in [0.15, 0.2) is 41.2 Å². The van der Waals surface area contributed by atoms with Crippen molar-refractivity contribution in [2.24, 2.45) is 0 Å². The van der Waals surface area contributed by atoms with Gasteiger partial charge in [0.15, 0.2) is 0 Å². The van der Waals surface area contributed by atoms with Crippen LogP contribution in [0.3, 0.4) is 0 Å². The number of nitrogens with one attached hydrogen (secondary N) is 2. The van der Waals surface area contributed by atoms with Gasteiger partial charge >= 0.3 is 5.69 Å². The highest BCUT2D eigenvalue weighted by Gasteiger charge is 2.33. The first-order valence-corrected chi connectivity index (χ1v) is 10.7. The molecule has 31 heavy (non-hydrogen) atoms. The first kappa shape index (κ1) is 21.2. The zero-order valence-corrected chi connectivity index (χ0v) is 18.3. The van der Waals surface area contributed by atoms with Gasteiger partial charge in [-0.1, -0.05) is 17.7 Å². The number of carbonyl (C=O) groups excluding carboxylic acids is 2. The van der Waals surface area contributed by atoms with E-state index < -0.39 is 0 Å². The maximum absolute atomic E-state index is 13.0. The predicted octanol–water partition coefficient (Wildman–Crippen LogP) is 3.44. The third-order valence-electron chi connectivity index (χ3n) is 5.78. The number of aromatic nitrogens is 2. The molecule has 1 aromatic heterocycles. The van der Waals surface area contributed by atoms with E-state index in [0.717, 1.165) is 34.3 Å². The van der Waals surface area contributed by atoms with Crippen molar-refractivity contribution in [3.05, 3.63) is 63.0 Å². The fourth-order valence-electron chi connectivity index (χ4n) is 4.13. The summed E-state index contributed by atoms with van der Waals surface area (Å²) in [5.74, 6) is 0.0169. The first-order valence-electron chi connectivity index (χ1n) is 10.3. The van der Waals surface area contributed by atoms with Crippen molar-refractivity contribution in [1.82, 2.24) is 14.9 Å². The van der Waals surface area contributed by atoms with Crippen LogP contribution in [0, 0.1) is 0 Å². The smallest absolute Gasteiger partial charge is 0.323 e. The Morgan fingerprint density at radius 3 is 2.68 bits per heavy atom. The van der Waals surface area contributed by atoms with Gasteiger partial charge in [-0.2, -0.15) is 0 Å². The molecule has 1 aliphatic heterocycles. The van der Waals surface area contributed by atoms with E-state index in [1.165, 1.54) is 0 Å². The molecular weight excluding hydrogens is 416 g/mol. The summed E-state index contributed by atoms with van der Waals surface area (Å²) in [6.45, 7) is 0.491. The standard InChI is InChI=1S/C23H25ClN4O3/c1-27(2)22(30)11-15-13-28(20-9-7-16(24)12-17(15)20)21(29)5-3-4-14-6-8-18-19(10-14)26-23(31)25-18/h6-10,12,15H,3-5,11,13H2,1-2H3,(H2,25,26,31). The zero-order chi connectivity index (χ0) is 22.1. The minimum absolute atomic E-state index is 0.0309. The molecule has 0 radical (unpaired) electrons. The molecule has 0 aliphatic carbocycles. The van der Waals surface area contributed by atoms with Crippen molar-refractivity contribution in [2.45, 2.75) is 31.6 Å². The van der Waals surface area contributed by atoms with Crippen molar-refractivity contribution >= 4 is 40.1 Å². The Bertz CT molecular complexity index is 1200. The number of hydrogen-bond donors (Lipinski definition) is 2. The fourth-order valence-corrected chi connectivity index (χ4v) is 4.31. The number of fused-ring (bicyclic) bond motifs is 2. The van der Waals surface area contributed by atoms with E-state index in [2.05, 4.69) is 9.97 Å². The van der Waals surface area contributed by atoms with E-state index in [1.54, 1.807) is 30.0 Å². The summed E-state index contributed by atoms with van der Waals surface area (Å²) in [5.41, 5.74) is 4.19. The number of aryl methyl sites for hydroxylation is 1. The van der Waals surface area contributed by atoms with Gasteiger partial charge in [-0.3, -0.25) is 9.59 Å². The van der Waals surface area contributed by atoms with Crippen LogP contribution in [0.4, 0.5) is 5.69 Å². The molecule has 0 saturated carbocycles. The second-order valence-electron chi connectivity index (χ2n) is 8.21. The first-order chi connectivity index (χ1) is 14.8. The third kappa shape index (κ3) is 4.51. The fraction of sp³-hybridized carbons (Fsp3) is 0.348. The van der Waals surface area contributed by atoms with Crippen molar-refractivity contribution in [3.8, 4) is 0 Å². The average molecular weight is 441 g/mol. The average Bonchev–Trinajstić information content (AvgIpc) is 3.26. The van der Waals surface area contributed by atoms with Crippen LogP contribution in [0.5, 0.6) is 0 Å². The minimum Gasteiger partial charge on any atom is -0.349 e. The third-order valence-corrected chi connectivity index (χ3v) is 6.02. The van der Waals surface area contributed by atoms with Gasteiger partial charge < -0.3 is 19.8 Å². The lowest BCUT2D eigenvalue weighted by atomic mass is 9.97. The van der Waals surface area contributed by atoms with Gasteiger partial charge in [-0.25, -0.2) is 4.79 Å². The largest absolute Gasteiger partial charge is 0.349 e. The summed E-state index contributed by atoms with van der Waals surface area (Å²) in [4.78, 5) is 45.5. The Hall–Kier alpha value is -3.06. The Labute approximate surface area is 185 Å². The van der Waals surface area contributed by atoms with Crippen LogP contribution in [0.2, 0.25) is 5.02 Å². The number of nitrogens with zero attached hydrogens (tertiary/aromatic N) is 2. The number of aromatic amines is 2. The number of anilines is 1. The van der Waals surface area contributed by atoms with E-state index in [9.17, 15) is 14.4 Å². The normalized spacial score (nSPS) is 15.3. The molecule has 2 N–H and O–H groups in total. The molecule has 8 heteroatoms. The molecule has 2 heterocycles. The Balaban J connectivity index is 1.42. The van der Waals surface area contributed by atoms with Crippen LogP contribution >= 0.6 is 11.6 Å².